The molecule has 2 N–H and O–H groups in total. The van der Waals surface area contributed by atoms with Crippen molar-refractivity contribution in [3.8, 4) is 5.75 Å². The largest absolute Gasteiger partial charge is 0.507 e. The van der Waals surface area contributed by atoms with Gasteiger partial charge in [0.2, 0.25) is 0 Å². The van der Waals surface area contributed by atoms with Gasteiger partial charge in [-0.3, -0.25) is 9.69 Å². The molecule has 8 heteroatoms. The predicted molar refractivity (Wildman–Crippen MR) is 112 cm³/mol. The molecule has 1 amide bonds. The Hall–Kier alpha value is -3.03. The van der Waals surface area contributed by atoms with Crippen LogP contribution in [0, 0.1) is 0 Å². The summed E-state index contributed by atoms with van der Waals surface area (Å²) in [6.45, 7) is 10.7. The Kier molecular flexibility index (Phi) is 6.18. The summed E-state index contributed by atoms with van der Waals surface area (Å²) in [5.41, 5.74) is -1.17. The van der Waals surface area contributed by atoms with Gasteiger partial charge < -0.3 is 10.2 Å². The van der Waals surface area contributed by atoms with Gasteiger partial charge in [-0.2, -0.15) is 13.2 Å². The molecule has 2 rings (SSSR count). The SMILES string of the molecule is CC(C)(C)c1cc(N(C(=O)C(F)(F)F)c2cccc(C(=O)O)c2)cc(C(C)(C)C)c1O. The lowest BCUT2D eigenvalue weighted by Gasteiger charge is -2.31. The van der Waals surface area contributed by atoms with Gasteiger partial charge in [0.05, 0.1) is 16.9 Å². The summed E-state index contributed by atoms with van der Waals surface area (Å²) in [5, 5.41) is 20.1. The van der Waals surface area contributed by atoms with Crippen molar-refractivity contribution in [2.24, 2.45) is 0 Å². The third-order valence-corrected chi connectivity index (χ3v) is 4.77. The Labute approximate surface area is 179 Å². The number of carbonyl (C=O) groups is 2. The highest BCUT2D eigenvalue weighted by Crippen LogP contribution is 2.44. The van der Waals surface area contributed by atoms with E-state index in [2.05, 4.69) is 0 Å². The van der Waals surface area contributed by atoms with E-state index in [1.165, 1.54) is 30.3 Å². The van der Waals surface area contributed by atoms with Crippen molar-refractivity contribution < 1.29 is 33.0 Å². The summed E-state index contributed by atoms with van der Waals surface area (Å²) in [6.07, 6.45) is -5.21. The fourth-order valence-corrected chi connectivity index (χ4v) is 3.18. The van der Waals surface area contributed by atoms with Crippen LogP contribution in [0.25, 0.3) is 0 Å². The summed E-state index contributed by atoms with van der Waals surface area (Å²) >= 11 is 0. The summed E-state index contributed by atoms with van der Waals surface area (Å²) in [5.74, 6) is -3.55. The molecule has 0 saturated heterocycles. The number of carbonyl (C=O) groups excluding carboxylic acids is 1. The van der Waals surface area contributed by atoms with E-state index in [1.807, 2.05) is 0 Å². The molecular weight excluding hydrogens is 411 g/mol. The normalized spacial score (nSPS) is 12.5. The number of alkyl halides is 3. The van der Waals surface area contributed by atoms with E-state index in [9.17, 15) is 33.0 Å². The Morgan fingerprint density at radius 3 is 1.71 bits per heavy atom. The van der Waals surface area contributed by atoms with Crippen molar-refractivity contribution in [3.05, 3.63) is 53.1 Å². The number of hydrogen-bond donors (Lipinski definition) is 2. The number of aromatic hydroxyl groups is 1. The maximum Gasteiger partial charge on any atom is 0.472 e. The third-order valence-electron chi connectivity index (χ3n) is 4.77. The van der Waals surface area contributed by atoms with Crippen molar-refractivity contribution >= 4 is 23.3 Å². The second kappa shape index (κ2) is 7.90. The molecule has 2 aromatic carbocycles. The fourth-order valence-electron chi connectivity index (χ4n) is 3.18. The van der Waals surface area contributed by atoms with Crippen LogP contribution in [0.4, 0.5) is 24.5 Å². The number of hydrogen-bond acceptors (Lipinski definition) is 3. The molecule has 0 radical (unpaired) electrons. The maximum atomic E-state index is 13.5. The van der Waals surface area contributed by atoms with Gasteiger partial charge >= 0.3 is 18.1 Å². The number of carboxylic acid groups (broad SMARTS) is 1. The van der Waals surface area contributed by atoms with Crippen LogP contribution in [0.3, 0.4) is 0 Å². The van der Waals surface area contributed by atoms with Crippen molar-refractivity contribution in [1.82, 2.24) is 0 Å². The molecule has 0 aliphatic carbocycles. The van der Waals surface area contributed by atoms with E-state index in [0.717, 1.165) is 6.07 Å². The molecule has 0 heterocycles. The van der Waals surface area contributed by atoms with Crippen LogP contribution in [-0.2, 0) is 15.6 Å². The molecule has 0 aliphatic rings. The molecule has 0 atom stereocenters. The van der Waals surface area contributed by atoms with Gasteiger partial charge in [0.1, 0.15) is 5.75 Å². The van der Waals surface area contributed by atoms with E-state index in [4.69, 9.17) is 0 Å². The Morgan fingerprint density at radius 1 is 0.839 bits per heavy atom. The molecule has 168 valence electrons. The lowest BCUT2D eigenvalue weighted by Crippen LogP contribution is -2.38. The number of phenols is 1. The molecule has 0 fully saturated rings. The average molecular weight is 437 g/mol. The monoisotopic (exact) mass is 437 g/mol. The van der Waals surface area contributed by atoms with Crippen molar-refractivity contribution in [1.29, 1.82) is 0 Å². The number of benzene rings is 2. The fraction of sp³-hybridized carbons (Fsp3) is 0.391. The molecular formula is C23H26F3NO4. The number of nitrogens with zero attached hydrogens (tertiary/aromatic N) is 1. The zero-order valence-electron chi connectivity index (χ0n) is 18.3. The zero-order valence-corrected chi connectivity index (χ0v) is 18.3. The number of anilines is 2. The molecule has 0 bridgehead atoms. The molecule has 31 heavy (non-hydrogen) atoms. The van der Waals surface area contributed by atoms with Gasteiger partial charge in [0, 0.05) is 11.1 Å². The number of phenolic OH excluding ortho intramolecular Hbond substituents is 1. The van der Waals surface area contributed by atoms with Crippen molar-refractivity contribution in [2.45, 2.75) is 58.5 Å². The molecule has 0 spiro atoms. The van der Waals surface area contributed by atoms with Crippen LogP contribution in [-0.4, -0.2) is 28.3 Å². The van der Waals surface area contributed by atoms with Crippen LogP contribution in [0.2, 0.25) is 0 Å². The predicted octanol–water partition coefficient (Wildman–Crippen LogP) is 5.91. The van der Waals surface area contributed by atoms with Crippen LogP contribution < -0.4 is 4.90 Å². The minimum absolute atomic E-state index is 0.0533. The average Bonchev–Trinajstić information content (AvgIpc) is 2.60. The minimum atomic E-state index is -5.21. The van der Waals surface area contributed by atoms with E-state index in [1.54, 1.807) is 41.5 Å². The molecule has 2 aromatic rings. The van der Waals surface area contributed by atoms with Gasteiger partial charge in [-0.05, 0) is 41.2 Å². The first-order valence-corrected chi connectivity index (χ1v) is 9.57. The van der Waals surface area contributed by atoms with Crippen LogP contribution in [0.1, 0.15) is 63.0 Å². The van der Waals surface area contributed by atoms with Gasteiger partial charge in [-0.25, -0.2) is 4.79 Å². The van der Waals surface area contributed by atoms with Gasteiger partial charge in [0.25, 0.3) is 0 Å². The Morgan fingerprint density at radius 2 is 1.32 bits per heavy atom. The lowest BCUT2D eigenvalue weighted by molar-refractivity contribution is -0.169. The number of rotatable bonds is 3. The standard InChI is InChI=1S/C23H26F3NO4/c1-21(2,3)16-11-15(12-17(18(16)28)22(4,5)6)27(20(31)23(24,25)26)14-9-7-8-13(10-14)19(29)30/h7-12,28H,1-6H3,(H,29,30). The van der Waals surface area contributed by atoms with E-state index < -0.39 is 28.9 Å². The van der Waals surface area contributed by atoms with Gasteiger partial charge in [-0.1, -0.05) is 47.6 Å². The highest BCUT2D eigenvalue weighted by molar-refractivity contribution is 6.04. The second-order valence-corrected chi connectivity index (χ2v) is 9.38. The number of aromatic carboxylic acids is 1. The summed E-state index contributed by atoms with van der Waals surface area (Å²) in [7, 11) is 0. The van der Waals surface area contributed by atoms with Crippen LogP contribution in [0.15, 0.2) is 36.4 Å². The quantitative estimate of drug-likeness (QED) is 0.626. The smallest absolute Gasteiger partial charge is 0.472 e. The Balaban J connectivity index is 2.91. The van der Waals surface area contributed by atoms with Crippen LogP contribution >= 0.6 is 0 Å². The summed E-state index contributed by atoms with van der Waals surface area (Å²) in [4.78, 5) is 24.2. The highest BCUT2D eigenvalue weighted by Gasteiger charge is 2.44. The minimum Gasteiger partial charge on any atom is -0.507 e. The third kappa shape index (κ3) is 5.18. The van der Waals surface area contributed by atoms with Crippen molar-refractivity contribution in [2.75, 3.05) is 4.90 Å². The molecule has 5 nitrogen and oxygen atoms in total. The van der Waals surface area contributed by atoms with Gasteiger partial charge in [0.15, 0.2) is 0 Å². The first-order chi connectivity index (χ1) is 13.9. The molecule has 0 unspecified atom stereocenters. The summed E-state index contributed by atoms with van der Waals surface area (Å²) < 4.78 is 40.6. The highest BCUT2D eigenvalue weighted by atomic mass is 19.4. The first-order valence-electron chi connectivity index (χ1n) is 9.57. The Bertz CT molecular complexity index is 980. The van der Waals surface area contributed by atoms with Gasteiger partial charge in [-0.15, -0.1) is 0 Å². The number of amides is 1. The van der Waals surface area contributed by atoms with E-state index in [0.29, 0.717) is 16.0 Å². The molecule has 0 aliphatic heterocycles. The van der Waals surface area contributed by atoms with Crippen LogP contribution in [0.5, 0.6) is 5.75 Å². The second-order valence-electron chi connectivity index (χ2n) is 9.38. The van der Waals surface area contributed by atoms with E-state index >= 15 is 0 Å². The zero-order chi connectivity index (χ0) is 23.9. The van der Waals surface area contributed by atoms with E-state index in [-0.39, 0.29) is 22.7 Å². The lowest BCUT2D eigenvalue weighted by atomic mass is 9.79. The number of carboxylic acids is 1. The molecule has 0 aromatic heterocycles. The molecule has 0 saturated carbocycles. The number of halogens is 3. The summed E-state index contributed by atoms with van der Waals surface area (Å²) in [6, 6.07) is 7.40. The first kappa shape index (κ1) is 24.2. The van der Waals surface area contributed by atoms with Crippen molar-refractivity contribution in [3.63, 3.8) is 0 Å². The maximum absolute atomic E-state index is 13.5. The topological polar surface area (TPSA) is 77.8 Å².